The predicted molar refractivity (Wildman–Crippen MR) is 174 cm³/mol. The van der Waals surface area contributed by atoms with E-state index in [-0.39, 0.29) is 0 Å². The van der Waals surface area contributed by atoms with Crippen LogP contribution in [-0.2, 0) is 6.42 Å². The average Bonchev–Trinajstić information content (AvgIpc) is 3.43. The van der Waals surface area contributed by atoms with Crippen molar-refractivity contribution in [3.05, 3.63) is 139 Å². The van der Waals surface area contributed by atoms with Gasteiger partial charge < -0.3 is 4.42 Å². The highest BCUT2D eigenvalue weighted by molar-refractivity contribution is 6.27. The number of benzene rings is 7. The lowest BCUT2D eigenvalue weighted by atomic mass is 9.82. The van der Waals surface area contributed by atoms with Crippen LogP contribution in [0.4, 0.5) is 0 Å². The molecule has 9 rings (SSSR count). The van der Waals surface area contributed by atoms with Gasteiger partial charge >= 0.3 is 0 Å². The third-order valence-corrected chi connectivity index (χ3v) is 8.93. The maximum atomic E-state index is 6.60. The Bertz CT molecular complexity index is 2310. The highest BCUT2D eigenvalue weighted by Gasteiger charge is 2.22. The van der Waals surface area contributed by atoms with Gasteiger partial charge in [0.2, 0.25) is 0 Å². The highest BCUT2D eigenvalue weighted by Crippen LogP contribution is 2.48. The standard InChI is InChI=1S/C40H26O/c1-3-14-27-25(11-1)13-9-20-29(27)37-30-16-5-7-18-32(30)38(33-19-8-6-17-31(33)37)34-21-10-22-36-39(34)35-24-23-26-12-2-4-15-28(26)40(35)41-36/h1-2,4-13,15-24H,3,14H2. The minimum atomic E-state index is 0.926. The van der Waals surface area contributed by atoms with Crippen molar-refractivity contribution < 1.29 is 4.42 Å². The van der Waals surface area contributed by atoms with Crippen molar-refractivity contribution in [2.75, 3.05) is 0 Å². The lowest BCUT2D eigenvalue weighted by molar-refractivity contribution is 0.673. The quantitative estimate of drug-likeness (QED) is 0.206. The lowest BCUT2D eigenvalue weighted by Crippen LogP contribution is -1.99. The molecule has 0 saturated heterocycles. The summed E-state index contributed by atoms with van der Waals surface area (Å²) in [4.78, 5) is 0. The van der Waals surface area contributed by atoms with Crippen LogP contribution in [0.15, 0.2) is 132 Å². The Kier molecular flexibility index (Phi) is 4.80. The van der Waals surface area contributed by atoms with Gasteiger partial charge in [0.25, 0.3) is 0 Å². The first-order valence-corrected chi connectivity index (χ1v) is 14.4. The molecule has 7 aromatic carbocycles. The second-order valence-corrected chi connectivity index (χ2v) is 11.1. The van der Waals surface area contributed by atoms with Gasteiger partial charge in [0.05, 0.1) is 0 Å². The number of fused-ring (bicyclic) bond motifs is 8. The second kappa shape index (κ2) is 8.68. The molecule has 192 valence electrons. The molecular formula is C40H26O. The van der Waals surface area contributed by atoms with E-state index < -0.39 is 0 Å². The van der Waals surface area contributed by atoms with Crippen LogP contribution in [0.5, 0.6) is 0 Å². The molecule has 0 spiro atoms. The molecule has 0 fully saturated rings. The Morgan fingerprint density at radius 2 is 1.12 bits per heavy atom. The van der Waals surface area contributed by atoms with Crippen LogP contribution in [-0.4, -0.2) is 0 Å². The van der Waals surface area contributed by atoms with Crippen molar-refractivity contribution in [1.29, 1.82) is 0 Å². The summed E-state index contributed by atoms with van der Waals surface area (Å²) in [5.41, 5.74) is 9.85. The maximum absolute atomic E-state index is 6.60. The third kappa shape index (κ3) is 3.24. The van der Waals surface area contributed by atoms with Gasteiger partial charge in [0.1, 0.15) is 11.2 Å². The molecule has 0 aliphatic heterocycles. The second-order valence-electron chi connectivity index (χ2n) is 11.1. The molecule has 1 aromatic heterocycles. The fourth-order valence-electron chi connectivity index (χ4n) is 7.18. The molecule has 1 heteroatoms. The van der Waals surface area contributed by atoms with Crippen molar-refractivity contribution in [2.24, 2.45) is 0 Å². The largest absolute Gasteiger partial charge is 0.455 e. The normalized spacial score (nSPS) is 13.1. The first-order chi connectivity index (χ1) is 20.4. The monoisotopic (exact) mass is 522 g/mol. The molecule has 1 nitrogen and oxygen atoms in total. The smallest absolute Gasteiger partial charge is 0.143 e. The predicted octanol–water partition coefficient (Wildman–Crippen LogP) is 11.3. The Balaban J connectivity index is 1.45. The Labute approximate surface area is 238 Å². The molecule has 8 aromatic rings. The zero-order chi connectivity index (χ0) is 26.9. The summed E-state index contributed by atoms with van der Waals surface area (Å²) in [7, 11) is 0. The van der Waals surface area contributed by atoms with Crippen LogP contribution in [0.2, 0.25) is 0 Å². The van der Waals surface area contributed by atoms with E-state index in [1.165, 1.54) is 65.7 Å². The Morgan fingerprint density at radius 3 is 1.88 bits per heavy atom. The molecule has 0 radical (unpaired) electrons. The SMILES string of the molecule is C1=Cc2cccc(-c3c4ccccc4c(-c4cccc5oc6c7ccccc7ccc6c45)c4ccccc34)c2CC1. The lowest BCUT2D eigenvalue weighted by Gasteiger charge is -2.21. The summed E-state index contributed by atoms with van der Waals surface area (Å²) >= 11 is 0. The van der Waals surface area contributed by atoms with Gasteiger partial charge in [-0.2, -0.15) is 0 Å². The van der Waals surface area contributed by atoms with E-state index in [2.05, 4.69) is 133 Å². The van der Waals surface area contributed by atoms with Gasteiger partial charge in [-0.15, -0.1) is 0 Å². The van der Waals surface area contributed by atoms with Gasteiger partial charge in [0.15, 0.2) is 0 Å². The number of hydrogen-bond acceptors (Lipinski definition) is 1. The van der Waals surface area contributed by atoms with Crippen LogP contribution in [0.25, 0.3) is 82.6 Å². The number of hydrogen-bond donors (Lipinski definition) is 0. The molecule has 1 aliphatic rings. The summed E-state index contributed by atoms with van der Waals surface area (Å²) in [6.07, 6.45) is 6.74. The summed E-state index contributed by atoms with van der Waals surface area (Å²) in [5.74, 6) is 0. The first-order valence-electron chi connectivity index (χ1n) is 14.4. The Hall–Kier alpha value is -5.14. The number of rotatable bonds is 2. The molecule has 41 heavy (non-hydrogen) atoms. The summed E-state index contributed by atoms with van der Waals surface area (Å²) in [5, 5.41) is 9.82. The fraction of sp³-hybridized carbons (Fsp3) is 0.0500. The zero-order valence-electron chi connectivity index (χ0n) is 22.5. The van der Waals surface area contributed by atoms with E-state index in [0.717, 1.165) is 34.8 Å². The van der Waals surface area contributed by atoms with Gasteiger partial charge in [-0.25, -0.2) is 0 Å². The zero-order valence-corrected chi connectivity index (χ0v) is 22.5. The van der Waals surface area contributed by atoms with Gasteiger partial charge in [0, 0.05) is 16.2 Å². The summed E-state index contributed by atoms with van der Waals surface area (Å²) in [6, 6.07) is 44.2. The van der Waals surface area contributed by atoms with E-state index in [1.807, 2.05) is 0 Å². The molecular weight excluding hydrogens is 496 g/mol. The Morgan fingerprint density at radius 1 is 0.488 bits per heavy atom. The van der Waals surface area contributed by atoms with Crippen molar-refractivity contribution in [3.63, 3.8) is 0 Å². The molecule has 0 amide bonds. The molecule has 0 bridgehead atoms. The van der Waals surface area contributed by atoms with Gasteiger partial charge in [-0.05, 0) is 85.3 Å². The minimum absolute atomic E-state index is 0.926. The molecule has 1 aliphatic carbocycles. The molecule has 0 saturated carbocycles. The van der Waals surface area contributed by atoms with E-state index in [0.29, 0.717) is 0 Å². The van der Waals surface area contributed by atoms with Crippen LogP contribution < -0.4 is 0 Å². The van der Waals surface area contributed by atoms with Crippen LogP contribution >= 0.6 is 0 Å². The van der Waals surface area contributed by atoms with Crippen molar-refractivity contribution in [1.82, 2.24) is 0 Å². The third-order valence-electron chi connectivity index (χ3n) is 8.93. The minimum Gasteiger partial charge on any atom is -0.455 e. The van der Waals surface area contributed by atoms with Crippen LogP contribution in [0.3, 0.4) is 0 Å². The van der Waals surface area contributed by atoms with Crippen molar-refractivity contribution >= 4 is 60.3 Å². The average molecular weight is 523 g/mol. The van der Waals surface area contributed by atoms with Crippen molar-refractivity contribution in [2.45, 2.75) is 12.8 Å². The molecule has 0 atom stereocenters. The highest BCUT2D eigenvalue weighted by atomic mass is 16.3. The first kappa shape index (κ1) is 22.7. The molecule has 0 N–H and O–H groups in total. The number of allylic oxidation sites excluding steroid dienone is 1. The van der Waals surface area contributed by atoms with Gasteiger partial charge in [-0.1, -0.05) is 121 Å². The van der Waals surface area contributed by atoms with Crippen molar-refractivity contribution in [3.8, 4) is 22.3 Å². The van der Waals surface area contributed by atoms with Gasteiger partial charge in [-0.3, -0.25) is 0 Å². The summed E-state index contributed by atoms with van der Waals surface area (Å²) in [6.45, 7) is 0. The summed E-state index contributed by atoms with van der Waals surface area (Å²) < 4.78 is 6.60. The van der Waals surface area contributed by atoms with E-state index in [9.17, 15) is 0 Å². The van der Waals surface area contributed by atoms with E-state index >= 15 is 0 Å². The van der Waals surface area contributed by atoms with E-state index in [4.69, 9.17) is 4.42 Å². The molecule has 1 heterocycles. The fourth-order valence-corrected chi connectivity index (χ4v) is 7.18. The van der Waals surface area contributed by atoms with Crippen LogP contribution in [0.1, 0.15) is 17.5 Å². The van der Waals surface area contributed by atoms with E-state index in [1.54, 1.807) is 0 Å². The van der Waals surface area contributed by atoms with Crippen LogP contribution in [0, 0.1) is 0 Å². The maximum Gasteiger partial charge on any atom is 0.143 e. The molecule has 0 unspecified atom stereocenters. The topological polar surface area (TPSA) is 13.1 Å². The number of furan rings is 1.